The maximum atomic E-state index is 13.0. The Balaban J connectivity index is 1.70. The van der Waals surface area contributed by atoms with Gasteiger partial charge in [-0.05, 0) is 31.0 Å². The molecule has 7 heteroatoms. The molecule has 7 nitrogen and oxygen atoms in total. The summed E-state index contributed by atoms with van der Waals surface area (Å²) in [7, 11) is 0. The van der Waals surface area contributed by atoms with Crippen LogP contribution in [0.5, 0.6) is 5.75 Å². The van der Waals surface area contributed by atoms with E-state index in [0.29, 0.717) is 37.4 Å². The fourth-order valence-corrected chi connectivity index (χ4v) is 3.96. The van der Waals surface area contributed by atoms with Crippen LogP contribution in [0, 0.1) is 0 Å². The standard InChI is InChI=1S/C25H25N3O4/c1-2-32-20-11-9-18(10-12-20)22-21(23(29)19-7-4-3-5-8-19)24(30)25(31)28(22)15-6-14-27-16-13-26-17-27/h3-5,7-13,16-17,22,29H,2,6,14-15H2,1H3/b23-21+. The number of carbonyl (C=O) groups excluding carboxylic acids is 2. The normalized spacial score (nSPS) is 17.7. The van der Waals surface area contributed by atoms with Crippen LogP contribution in [-0.4, -0.2) is 44.4 Å². The largest absolute Gasteiger partial charge is 0.507 e. The molecule has 1 saturated heterocycles. The van der Waals surface area contributed by atoms with E-state index < -0.39 is 17.7 Å². The van der Waals surface area contributed by atoms with Gasteiger partial charge >= 0.3 is 0 Å². The molecule has 0 spiro atoms. The Kier molecular flexibility index (Phi) is 6.35. The van der Waals surface area contributed by atoms with Crippen LogP contribution in [0.15, 0.2) is 78.9 Å². The number of aliphatic hydroxyl groups is 1. The first-order chi connectivity index (χ1) is 15.6. The highest BCUT2D eigenvalue weighted by Crippen LogP contribution is 2.39. The van der Waals surface area contributed by atoms with Gasteiger partial charge in [0.1, 0.15) is 11.5 Å². The number of Topliss-reactive ketones (excluding diaryl/α,β-unsaturated/α-hetero) is 1. The minimum Gasteiger partial charge on any atom is -0.507 e. The van der Waals surface area contributed by atoms with Gasteiger partial charge in [0.25, 0.3) is 11.7 Å². The monoisotopic (exact) mass is 431 g/mol. The van der Waals surface area contributed by atoms with Gasteiger partial charge in [0.05, 0.1) is 24.5 Å². The van der Waals surface area contributed by atoms with Crippen LogP contribution in [0.2, 0.25) is 0 Å². The summed E-state index contributed by atoms with van der Waals surface area (Å²) < 4.78 is 7.45. The summed E-state index contributed by atoms with van der Waals surface area (Å²) in [4.78, 5) is 31.6. The van der Waals surface area contributed by atoms with E-state index in [1.165, 1.54) is 0 Å². The van der Waals surface area contributed by atoms with Crippen molar-refractivity contribution in [2.24, 2.45) is 0 Å². The van der Waals surface area contributed by atoms with E-state index >= 15 is 0 Å². The van der Waals surface area contributed by atoms with Crippen LogP contribution >= 0.6 is 0 Å². The van der Waals surface area contributed by atoms with Gasteiger partial charge < -0.3 is 19.3 Å². The number of ether oxygens (including phenoxy) is 1. The third-order valence-electron chi connectivity index (χ3n) is 5.47. The van der Waals surface area contributed by atoms with Crippen LogP contribution in [0.25, 0.3) is 5.76 Å². The Morgan fingerprint density at radius 3 is 2.47 bits per heavy atom. The average molecular weight is 431 g/mol. The second-order valence-corrected chi connectivity index (χ2v) is 7.51. The molecule has 1 aromatic heterocycles. The van der Waals surface area contributed by atoms with E-state index in [2.05, 4.69) is 4.98 Å². The number of aliphatic hydroxyl groups excluding tert-OH is 1. The maximum Gasteiger partial charge on any atom is 0.295 e. The molecular formula is C25H25N3O4. The lowest BCUT2D eigenvalue weighted by Crippen LogP contribution is -2.31. The third-order valence-corrected chi connectivity index (χ3v) is 5.47. The molecule has 1 fully saturated rings. The summed E-state index contributed by atoms with van der Waals surface area (Å²) in [5.74, 6) is -0.740. The Bertz CT molecular complexity index is 1110. The highest BCUT2D eigenvalue weighted by Gasteiger charge is 2.45. The van der Waals surface area contributed by atoms with Crippen LogP contribution < -0.4 is 4.74 Å². The summed E-state index contributed by atoms with van der Waals surface area (Å²) in [6.07, 6.45) is 5.91. The quantitative estimate of drug-likeness (QED) is 0.333. The van der Waals surface area contributed by atoms with E-state index in [1.807, 2.05) is 48.0 Å². The molecule has 1 aliphatic heterocycles. The molecule has 0 bridgehead atoms. The fourth-order valence-electron chi connectivity index (χ4n) is 3.96. The van der Waals surface area contributed by atoms with E-state index in [0.717, 1.165) is 5.56 Å². The molecule has 1 N–H and O–H groups in total. The van der Waals surface area contributed by atoms with E-state index in [-0.39, 0.29) is 11.3 Å². The predicted octanol–water partition coefficient (Wildman–Crippen LogP) is 3.79. The molecule has 0 radical (unpaired) electrons. The zero-order valence-electron chi connectivity index (χ0n) is 17.8. The molecule has 1 atom stereocenters. The third kappa shape index (κ3) is 4.27. The minimum atomic E-state index is -0.673. The highest BCUT2D eigenvalue weighted by atomic mass is 16.5. The topological polar surface area (TPSA) is 84.7 Å². The fraction of sp³-hybridized carbons (Fsp3) is 0.240. The zero-order valence-corrected chi connectivity index (χ0v) is 17.8. The number of amides is 1. The van der Waals surface area contributed by atoms with Crippen molar-refractivity contribution in [3.05, 3.63) is 90.0 Å². The molecule has 2 aromatic carbocycles. The summed E-state index contributed by atoms with van der Waals surface area (Å²) in [5, 5.41) is 11.0. The molecule has 32 heavy (non-hydrogen) atoms. The predicted molar refractivity (Wildman–Crippen MR) is 120 cm³/mol. The van der Waals surface area contributed by atoms with Gasteiger partial charge in [-0.3, -0.25) is 9.59 Å². The van der Waals surface area contributed by atoms with E-state index in [9.17, 15) is 14.7 Å². The van der Waals surface area contributed by atoms with Crippen molar-refractivity contribution in [2.45, 2.75) is 25.9 Å². The number of hydrogen-bond acceptors (Lipinski definition) is 5. The molecular weight excluding hydrogens is 406 g/mol. The lowest BCUT2D eigenvalue weighted by molar-refractivity contribution is -0.139. The number of ketones is 1. The summed E-state index contributed by atoms with van der Waals surface area (Å²) >= 11 is 0. The summed E-state index contributed by atoms with van der Waals surface area (Å²) in [6.45, 7) is 3.48. The van der Waals surface area contributed by atoms with Crippen molar-refractivity contribution in [1.29, 1.82) is 0 Å². The number of likely N-dealkylation sites (tertiary alicyclic amines) is 1. The van der Waals surface area contributed by atoms with Gasteiger partial charge in [-0.1, -0.05) is 42.5 Å². The van der Waals surface area contributed by atoms with E-state index in [4.69, 9.17) is 4.74 Å². The van der Waals surface area contributed by atoms with Crippen molar-refractivity contribution in [3.63, 3.8) is 0 Å². The van der Waals surface area contributed by atoms with Crippen molar-refractivity contribution in [1.82, 2.24) is 14.5 Å². The number of benzene rings is 2. The molecule has 3 aromatic rings. The van der Waals surface area contributed by atoms with Gasteiger partial charge in [0.2, 0.25) is 0 Å². The highest BCUT2D eigenvalue weighted by molar-refractivity contribution is 6.46. The number of hydrogen-bond donors (Lipinski definition) is 1. The van der Waals surface area contributed by atoms with Crippen molar-refractivity contribution >= 4 is 17.4 Å². The zero-order chi connectivity index (χ0) is 22.5. The molecule has 1 aliphatic rings. The Morgan fingerprint density at radius 2 is 1.81 bits per heavy atom. The molecule has 1 amide bonds. The van der Waals surface area contributed by atoms with Crippen LogP contribution in [0.1, 0.15) is 30.5 Å². The van der Waals surface area contributed by atoms with Gasteiger partial charge in [-0.2, -0.15) is 0 Å². The lowest BCUT2D eigenvalue weighted by Gasteiger charge is -2.25. The van der Waals surface area contributed by atoms with Crippen LogP contribution in [0.4, 0.5) is 0 Å². The van der Waals surface area contributed by atoms with E-state index in [1.54, 1.807) is 41.7 Å². The minimum absolute atomic E-state index is 0.105. The summed E-state index contributed by atoms with van der Waals surface area (Å²) in [5.41, 5.74) is 1.35. The molecule has 4 rings (SSSR count). The molecule has 2 heterocycles. The van der Waals surface area contributed by atoms with Gasteiger partial charge in [-0.25, -0.2) is 4.98 Å². The second kappa shape index (κ2) is 9.51. The second-order valence-electron chi connectivity index (χ2n) is 7.51. The molecule has 0 saturated carbocycles. The Morgan fingerprint density at radius 1 is 1.06 bits per heavy atom. The lowest BCUT2D eigenvalue weighted by atomic mass is 9.95. The van der Waals surface area contributed by atoms with Gasteiger partial charge in [0.15, 0.2) is 0 Å². The van der Waals surface area contributed by atoms with Gasteiger partial charge in [0, 0.05) is 31.0 Å². The van der Waals surface area contributed by atoms with Crippen molar-refractivity contribution in [2.75, 3.05) is 13.2 Å². The Hall–Kier alpha value is -3.87. The average Bonchev–Trinajstić information content (AvgIpc) is 3.42. The molecule has 164 valence electrons. The smallest absolute Gasteiger partial charge is 0.295 e. The maximum absolute atomic E-state index is 13.0. The number of rotatable bonds is 8. The Labute approximate surface area is 186 Å². The van der Waals surface area contributed by atoms with Crippen LogP contribution in [-0.2, 0) is 16.1 Å². The summed E-state index contributed by atoms with van der Waals surface area (Å²) in [6, 6.07) is 15.5. The number of imidazole rings is 1. The number of carbonyl (C=O) groups is 2. The molecule has 0 aliphatic carbocycles. The first-order valence-corrected chi connectivity index (χ1v) is 10.6. The SMILES string of the molecule is CCOc1ccc(C2/C(=C(\O)c3ccccc3)C(=O)C(=O)N2CCCn2ccnc2)cc1. The molecule has 1 unspecified atom stereocenters. The first-order valence-electron chi connectivity index (χ1n) is 10.6. The van der Waals surface area contributed by atoms with Crippen molar-refractivity contribution in [3.8, 4) is 5.75 Å². The van der Waals surface area contributed by atoms with Crippen LogP contribution in [0.3, 0.4) is 0 Å². The number of nitrogens with zero attached hydrogens (tertiary/aromatic N) is 3. The van der Waals surface area contributed by atoms with Crippen molar-refractivity contribution < 1.29 is 19.4 Å². The first kappa shape index (κ1) is 21.4. The van der Waals surface area contributed by atoms with Gasteiger partial charge in [-0.15, -0.1) is 0 Å². The number of aromatic nitrogens is 2. The number of aryl methyl sites for hydroxylation is 1.